The lowest BCUT2D eigenvalue weighted by Gasteiger charge is -2.35. The average molecular weight is 431 g/mol. The fourth-order valence-electron chi connectivity index (χ4n) is 4.66. The van der Waals surface area contributed by atoms with E-state index in [1.165, 1.54) is 0 Å². The molecular formula is C21H23ClN4O4. The van der Waals surface area contributed by atoms with Crippen LogP contribution in [0, 0.1) is 0 Å². The minimum atomic E-state index is -0.206. The van der Waals surface area contributed by atoms with E-state index in [2.05, 4.69) is 15.5 Å². The summed E-state index contributed by atoms with van der Waals surface area (Å²) in [7, 11) is 1.70. The molecule has 30 heavy (non-hydrogen) atoms. The third-order valence-electron chi connectivity index (χ3n) is 6.29. The maximum absolute atomic E-state index is 13.0. The Bertz CT molecular complexity index is 1040. The highest BCUT2D eigenvalue weighted by molar-refractivity contribution is 6.32. The standard InChI is InChI=1S/C21H23ClN4O4/c1-29-14-9-15(10-14)30-18-5-2-12(8-16(18)22)23-21(28)26-13-3-4-17(26)20-11(6-13)7-19(27)24-25-20/h2,5,7-8,13-15,17H,3-4,6,9-10H2,1H3,(H,23,28)(H,24,27)/t13?,14-,15+,17?. The van der Waals surface area contributed by atoms with Crippen LogP contribution in [0.1, 0.15) is 43.0 Å². The van der Waals surface area contributed by atoms with Crippen LogP contribution in [-0.2, 0) is 11.2 Å². The van der Waals surface area contributed by atoms with E-state index in [1.807, 2.05) is 4.90 Å². The number of fused-ring (bicyclic) bond motifs is 4. The van der Waals surface area contributed by atoms with Gasteiger partial charge in [-0.3, -0.25) is 4.79 Å². The number of nitrogens with one attached hydrogen (secondary N) is 2. The number of halogens is 1. The van der Waals surface area contributed by atoms with E-state index in [4.69, 9.17) is 21.1 Å². The minimum absolute atomic E-state index is 0.0662. The van der Waals surface area contributed by atoms with Gasteiger partial charge in [-0.05, 0) is 43.0 Å². The Labute approximate surface area is 178 Å². The zero-order chi connectivity index (χ0) is 20.8. The number of amides is 2. The zero-order valence-electron chi connectivity index (χ0n) is 16.6. The number of rotatable bonds is 4. The molecule has 2 unspecified atom stereocenters. The monoisotopic (exact) mass is 430 g/mol. The lowest BCUT2D eigenvalue weighted by molar-refractivity contribution is -0.0380. The van der Waals surface area contributed by atoms with E-state index in [1.54, 1.807) is 31.4 Å². The van der Waals surface area contributed by atoms with Crippen molar-refractivity contribution in [3.05, 3.63) is 50.9 Å². The van der Waals surface area contributed by atoms with Gasteiger partial charge in [0.25, 0.3) is 5.56 Å². The number of hydrogen-bond donors (Lipinski definition) is 2. The first-order valence-corrected chi connectivity index (χ1v) is 10.6. The van der Waals surface area contributed by atoms with Crippen molar-refractivity contribution in [1.29, 1.82) is 0 Å². The van der Waals surface area contributed by atoms with Crippen LogP contribution < -0.4 is 15.6 Å². The van der Waals surface area contributed by atoms with Crippen LogP contribution in [0.3, 0.4) is 0 Å². The lowest BCUT2D eigenvalue weighted by Crippen LogP contribution is -2.45. The normalized spacial score (nSPS) is 26.7. The van der Waals surface area contributed by atoms with Crippen LogP contribution in [0.2, 0.25) is 5.02 Å². The van der Waals surface area contributed by atoms with Crippen molar-refractivity contribution in [2.45, 2.75) is 56.4 Å². The molecule has 0 radical (unpaired) electrons. The number of carbonyl (C=O) groups is 1. The molecule has 2 aromatic rings. The van der Waals surface area contributed by atoms with E-state index in [9.17, 15) is 9.59 Å². The second kappa shape index (κ2) is 7.59. The molecule has 2 bridgehead atoms. The second-order valence-electron chi connectivity index (χ2n) is 8.15. The summed E-state index contributed by atoms with van der Waals surface area (Å²) in [6.45, 7) is 0. The van der Waals surface area contributed by atoms with Crippen LogP contribution in [0.25, 0.3) is 0 Å². The van der Waals surface area contributed by atoms with Crippen LogP contribution in [0.5, 0.6) is 5.75 Å². The van der Waals surface area contributed by atoms with Crippen LogP contribution >= 0.6 is 11.6 Å². The topological polar surface area (TPSA) is 96.6 Å². The Balaban J connectivity index is 1.27. The first-order valence-electron chi connectivity index (χ1n) is 10.2. The van der Waals surface area contributed by atoms with Gasteiger partial charge in [0.2, 0.25) is 0 Å². The van der Waals surface area contributed by atoms with Gasteiger partial charge in [-0.15, -0.1) is 0 Å². The molecule has 5 rings (SSSR count). The summed E-state index contributed by atoms with van der Waals surface area (Å²) >= 11 is 6.38. The number of aromatic amines is 1. The smallest absolute Gasteiger partial charge is 0.322 e. The van der Waals surface area contributed by atoms with Gasteiger partial charge in [0, 0.05) is 37.7 Å². The van der Waals surface area contributed by atoms with Crippen LogP contribution in [-0.4, -0.2) is 46.5 Å². The predicted molar refractivity (Wildman–Crippen MR) is 111 cm³/mol. The van der Waals surface area contributed by atoms with Gasteiger partial charge in [-0.2, -0.15) is 5.10 Å². The van der Waals surface area contributed by atoms with Crippen molar-refractivity contribution in [2.24, 2.45) is 0 Å². The summed E-state index contributed by atoms with van der Waals surface area (Å²) in [4.78, 5) is 26.4. The summed E-state index contributed by atoms with van der Waals surface area (Å²) < 4.78 is 11.2. The number of carbonyl (C=O) groups excluding carboxylic acids is 1. The number of hydrogen-bond acceptors (Lipinski definition) is 5. The van der Waals surface area contributed by atoms with Gasteiger partial charge in [0.1, 0.15) is 11.9 Å². The van der Waals surface area contributed by atoms with Gasteiger partial charge >= 0.3 is 6.03 Å². The number of urea groups is 1. The molecule has 158 valence electrons. The lowest BCUT2D eigenvalue weighted by atomic mass is 9.92. The highest BCUT2D eigenvalue weighted by Gasteiger charge is 2.43. The van der Waals surface area contributed by atoms with E-state index in [-0.39, 0.29) is 35.9 Å². The van der Waals surface area contributed by atoms with Crippen LogP contribution in [0.15, 0.2) is 29.1 Å². The second-order valence-corrected chi connectivity index (χ2v) is 8.55. The number of anilines is 1. The summed E-state index contributed by atoms with van der Waals surface area (Å²) in [6, 6.07) is 6.63. The first-order chi connectivity index (χ1) is 14.5. The van der Waals surface area contributed by atoms with Crippen molar-refractivity contribution < 1.29 is 14.3 Å². The molecule has 8 nitrogen and oxygen atoms in total. The molecule has 2 aliphatic heterocycles. The molecule has 2 fully saturated rings. The largest absolute Gasteiger partial charge is 0.489 e. The molecule has 0 spiro atoms. The maximum atomic E-state index is 13.0. The molecule has 3 heterocycles. The summed E-state index contributed by atoms with van der Waals surface area (Å²) in [5.74, 6) is 0.606. The highest BCUT2D eigenvalue weighted by atomic mass is 35.5. The third kappa shape index (κ3) is 3.44. The van der Waals surface area contributed by atoms with Gasteiger partial charge in [0.15, 0.2) is 0 Å². The molecule has 1 aliphatic carbocycles. The highest BCUT2D eigenvalue weighted by Crippen LogP contribution is 2.42. The Hall–Kier alpha value is -2.58. The number of aromatic nitrogens is 2. The predicted octanol–water partition coefficient (Wildman–Crippen LogP) is 3.27. The van der Waals surface area contributed by atoms with Crippen molar-refractivity contribution in [3.8, 4) is 5.75 Å². The Morgan fingerprint density at radius 1 is 1.27 bits per heavy atom. The van der Waals surface area contributed by atoms with Gasteiger partial charge in [-0.25, -0.2) is 9.89 Å². The van der Waals surface area contributed by atoms with Crippen LogP contribution in [0.4, 0.5) is 10.5 Å². The summed E-state index contributed by atoms with van der Waals surface area (Å²) in [5, 5.41) is 10.1. The fraction of sp³-hybridized carbons (Fsp3) is 0.476. The third-order valence-corrected chi connectivity index (χ3v) is 6.59. The van der Waals surface area contributed by atoms with Crippen molar-refractivity contribution in [1.82, 2.24) is 15.1 Å². The number of nitrogens with zero attached hydrogens (tertiary/aromatic N) is 2. The molecule has 1 aromatic carbocycles. The molecular weight excluding hydrogens is 408 g/mol. The minimum Gasteiger partial charge on any atom is -0.489 e. The number of H-pyrrole nitrogens is 1. The average Bonchev–Trinajstić information content (AvgIpc) is 3.01. The fourth-order valence-corrected chi connectivity index (χ4v) is 4.89. The summed E-state index contributed by atoms with van der Waals surface area (Å²) in [5.41, 5.74) is 2.13. The SMILES string of the molecule is CO[C@H]1C[C@@H](Oc2ccc(NC(=O)N3C4CCC3c3n[nH]c(=O)cc3C4)cc2Cl)C1. The van der Waals surface area contributed by atoms with Crippen molar-refractivity contribution in [3.63, 3.8) is 0 Å². The molecule has 9 heteroatoms. The van der Waals surface area contributed by atoms with Gasteiger partial charge < -0.3 is 19.7 Å². The molecule has 1 aromatic heterocycles. The Kier molecular flexibility index (Phi) is 4.91. The number of ether oxygens (including phenoxy) is 2. The van der Waals surface area contributed by atoms with Crippen molar-refractivity contribution in [2.75, 3.05) is 12.4 Å². The molecule has 2 N–H and O–H groups in total. The maximum Gasteiger partial charge on any atom is 0.322 e. The molecule has 2 atom stereocenters. The number of methoxy groups -OCH3 is 1. The first kappa shape index (κ1) is 19.4. The van der Waals surface area contributed by atoms with E-state index >= 15 is 0 Å². The molecule has 2 amide bonds. The van der Waals surface area contributed by atoms with E-state index < -0.39 is 0 Å². The Morgan fingerprint density at radius 2 is 2.10 bits per heavy atom. The Morgan fingerprint density at radius 3 is 2.87 bits per heavy atom. The zero-order valence-corrected chi connectivity index (χ0v) is 17.3. The quantitative estimate of drug-likeness (QED) is 0.775. The molecule has 1 saturated carbocycles. The van der Waals surface area contributed by atoms with Gasteiger partial charge in [-0.1, -0.05) is 11.6 Å². The molecule has 1 saturated heterocycles. The van der Waals surface area contributed by atoms with E-state index in [0.29, 0.717) is 22.9 Å². The number of benzene rings is 1. The summed E-state index contributed by atoms with van der Waals surface area (Å²) in [6.07, 6.45) is 4.43. The van der Waals surface area contributed by atoms with Gasteiger partial charge in [0.05, 0.1) is 22.9 Å². The van der Waals surface area contributed by atoms with Crippen molar-refractivity contribution >= 4 is 23.3 Å². The van der Waals surface area contributed by atoms with E-state index in [0.717, 1.165) is 36.9 Å². The molecule has 3 aliphatic rings.